The average Bonchev–Trinajstić information content (AvgIpc) is 2.61. The number of nitrogens with zero attached hydrogens (tertiary/aromatic N) is 1. The zero-order valence-corrected chi connectivity index (χ0v) is 17.7. The summed E-state index contributed by atoms with van der Waals surface area (Å²) in [6.07, 6.45) is 3.17. The van der Waals surface area contributed by atoms with Crippen LogP contribution in [0, 0.1) is 5.41 Å². The van der Waals surface area contributed by atoms with Crippen LogP contribution in [0.4, 0.5) is 13.2 Å². The van der Waals surface area contributed by atoms with Gasteiger partial charge in [-0.3, -0.25) is 9.29 Å². The van der Waals surface area contributed by atoms with E-state index in [0.717, 1.165) is 0 Å². The van der Waals surface area contributed by atoms with Crippen LogP contribution in [0.15, 0.2) is 23.4 Å². The van der Waals surface area contributed by atoms with Crippen LogP contribution in [0.3, 0.4) is 0 Å². The second kappa shape index (κ2) is 11.2. The molecule has 0 spiro atoms. The predicted octanol–water partition coefficient (Wildman–Crippen LogP) is 4.40. The molecule has 0 aliphatic heterocycles. The molecule has 2 atom stereocenters. The fourth-order valence-electron chi connectivity index (χ4n) is 3.45. The Balaban J connectivity index is 3.15. The Hall–Kier alpha value is -1.05. The van der Waals surface area contributed by atoms with Gasteiger partial charge in [0.25, 0.3) is 0 Å². The van der Waals surface area contributed by atoms with Crippen molar-refractivity contribution >= 4 is 0 Å². The highest BCUT2D eigenvalue weighted by Gasteiger charge is 2.42. The molecule has 7 heteroatoms. The highest BCUT2D eigenvalue weighted by atomic mass is 19.1. The zero-order chi connectivity index (χ0) is 21.4. The number of alkyl halides is 2. The molecule has 0 saturated heterocycles. The Labute approximate surface area is 167 Å². The molecule has 0 heterocycles. The quantitative estimate of drug-likeness (QED) is 0.472. The summed E-state index contributed by atoms with van der Waals surface area (Å²) in [4.78, 5) is 1.72. The molecule has 3 N–H and O–H groups in total. The van der Waals surface area contributed by atoms with Crippen LogP contribution in [0.5, 0.6) is 0 Å². The summed E-state index contributed by atoms with van der Waals surface area (Å²) in [5.74, 6) is -0.0885. The summed E-state index contributed by atoms with van der Waals surface area (Å²) in [6, 6.07) is -0.811. The van der Waals surface area contributed by atoms with Gasteiger partial charge in [-0.1, -0.05) is 20.8 Å². The van der Waals surface area contributed by atoms with E-state index < -0.39 is 29.6 Å². The maximum atomic E-state index is 15.3. The second-order valence-corrected chi connectivity index (χ2v) is 8.64. The summed E-state index contributed by atoms with van der Waals surface area (Å²) in [5, 5.41) is 9.34. The maximum absolute atomic E-state index is 15.3. The van der Waals surface area contributed by atoms with E-state index in [1.165, 1.54) is 6.92 Å². The van der Waals surface area contributed by atoms with Gasteiger partial charge in [0.15, 0.2) is 5.83 Å². The summed E-state index contributed by atoms with van der Waals surface area (Å²) in [5.41, 5.74) is 3.27. The number of allylic oxidation sites excluding steroid dienone is 3. The number of hydrogen-bond donors (Lipinski definition) is 2. The van der Waals surface area contributed by atoms with Gasteiger partial charge >= 0.3 is 0 Å². The molecule has 1 aliphatic rings. The highest BCUT2D eigenvalue weighted by Crippen LogP contribution is 2.41. The van der Waals surface area contributed by atoms with Gasteiger partial charge < -0.3 is 15.6 Å². The van der Waals surface area contributed by atoms with Gasteiger partial charge in [-0.2, -0.15) is 0 Å². The van der Waals surface area contributed by atoms with Gasteiger partial charge in [-0.15, -0.1) is 0 Å². The SMILES string of the molecule is CC/C=C(\CC(C)(C)CF)OC1=C(F)C(N(CCO)CCCN)C[C@](C)(F)C1. The van der Waals surface area contributed by atoms with Crippen molar-refractivity contribution in [3.8, 4) is 0 Å². The first-order valence-corrected chi connectivity index (χ1v) is 10.1. The molecule has 0 bridgehead atoms. The van der Waals surface area contributed by atoms with E-state index in [2.05, 4.69) is 0 Å². The van der Waals surface area contributed by atoms with Crippen LogP contribution in [0.1, 0.15) is 59.8 Å². The van der Waals surface area contributed by atoms with Gasteiger partial charge in [0.2, 0.25) is 0 Å². The molecular weight excluding hydrogens is 369 g/mol. The number of nitrogens with two attached hydrogens (primary N) is 1. The summed E-state index contributed by atoms with van der Waals surface area (Å²) >= 11 is 0. The Kier molecular flexibility index (Phi) is 10.0. The fourth-order valence-corrected chi connectivity index (χ4v) is 3.45. The van der Waals surface area contributed by atoms with E-state index in [-0.39, 0.29) is 31.8 Å². The van der Waals surface area contributed by atoms with Crippen LogP contribution >= 0.6 is 0 Å². The largest absolute Gasteiger partial charge is 0.464 e. The molecule has 1 unspecified atom stereocenters. The summed E-state index contributed by atoms with van der Waals surface area (Å²) in [6.45, 7) is 7.31. The molecule has 0 amide bonds. The lowest BCUT2D eigenvalue weighted by Gasteiger charge is -2.39. The molecule has 1 rings (SSSR count). The monoisotopic (exact) mass is 406 g/mol. The molecule has 0 radical (unpaired) electrons. The first-order chi connectivity index (χ1) is 13.1. The third-order valence-corrected chi connectivity index (χ3v) is 4.89. The van der Waals surface area contributed by atoms with E-state index in [1.54, 1.807) is 24.8 Å². The smallest absolute Gasteiger partial charge is 0.155 e. The normalized spacial score (nSPS) is 24.2. The molecule has 0 fully saturated rings. The van der Waals surface area contributed by atoms with E-state index in [9.17, 15) is 9.50 Å². The minimum absolute atomic E-state index is 0.0148. The van der Waals surface area contributed by atoms with Crippen molar-refractivity contribution in [1.82, 2.24) is 4.90 Å². The number of halogens is 3. The summed E-state index contributed by atoms with van der Waals surface area (Å²) in [7, 11) is 0. The van der Waals surface area contributed by atoms with E-state index in [0.29, 0.717) is 38.1 Å². The molecule has 0 saturated carbocycles. The topological polar surface area (TPSA) is 58.7 Å². The Bertz CT molecular complexity index is 548. The van der Waals surface area contributed by atoms with Crippen molar-refractivity contribution in [3.63, 3.8) is 0 Å². The molecule has 1 aliphatic carbocycles. The van der Waals surface area contributed by atoms with Crippen LogP contribution in [-0.2, 0) is 4.74 Å². The third-order valence-electron chi connectivity index (χ3n) is 4.89. The third kappa shape index (κ3) is 7.76. The van der Waals surface area contributed by atoms with Crippen molar-refractivity contribution in [2.45, 2.75) is 71.5 Å². The summed E-state index contributed by atoms with van der Waals surface area (Å²) < 4.78 is 49.4. The predicted molar refractivity (Wildman–Crippen MR) is 107 cm³/mol. The van der Waals surface area contributed by atoms with Crippen molar-refractivity contribution < 1.29 is 23.0 Å². The van der Waals surface area contributed by atoms with Crippen molar-refractivity contribution in [2.24, 2.45) is 11.1 Å². The van der Waals surface area contributed by atoms with Gasteiger partial charge in [0, 0.05) is 37.8 Å². The van der Waals surface area contributed by atoms with Gasteiger partial charge in [-0.05, 0) is 32.4 Å². The van der Waals surface area contributed by atoms with Crippen molar-refractivity contribution in [1.29, 1.82) is 0 Å². The van der Waals surface area contributed by atoms with Crippen LogP contribution in [0.2, 0.25) is 0 Å². The number of rotatable bonds is 12. The number of aliphatic hydroxyl groups is 1. The second-order valence-electron chi connectivity index (χ2n) is 8.64. The van der Waals surface area contributed by atoms with Gasteiger partial charge in [0.1, 0.15) is 17.2 Å². The van der Waals surface area contributed by atoms with Crippen molar-refractivity contribution in [3.05, 3.63) is 23.4 Å². The van der Waals surface area contributed by atoms with Gasteiger partial charge in [-0.25, -0.2) is 8.78 Å². The average molecular weight is 407 g/mol. The van der Waals surface area contributed by atoms with Gasteiger partial charge in [0.05, 0.1) is 19.3 Å². The zero-order valence-electron chi connectivity index (χ0n) is 17.7. The molecule has 0 aromatic carbocycles. The number of ether oxygens (including phenoxy) is 1. The first kappa shape index (κ1) is 25.0. The van der Waals surface area contributed by atoms with E-state index in [1.807, 2.05) is 6.92 Å². The molecule has 164 valence electrons. The molecule has 0 aromatic heterocycles. The lowest BCUT2D eigenvalue weighted by Crippen LogP contribution is -2.46. The maximum Gasteiger partial charge on any atom is 0.155 e. The lowest BCUT2D eigenvalue weighted by atomic mass is 9.86. The van der Waals surface area contributed by atoms with Crippen molar-refractivity contribution in [2.75, 3.05) is 32.9 Å². The Morgan fingerprint density at radius 2 is 2.11 bits per heavy atom. The molecule has 28 heavy (non-hydrogen) atoms. The molecular formula is C21H37F3N2O2. The lowest BCUT2D eigenvalue weighted by molar-refractivity contribution is 0.0501. The van der Waals surface area contributed by atoms with Crippen LogP contribution in [-0.4, -0.2) is 54.6 Å². The van der Waals surface area contributed by atoms with Crippen LogP contribution in [0.25, 0.3) is 0 Å². The minimum atomic E-state index is -1.64. The number of hydrogen-bond acceptors (Lipinski definition) is 4. The minimum Gasteiger partial charge on any atom is -0.464 e. The van der Waals surface area contributed by atoms with E-state index >= 15 is 8.78 Å². The Morgan fingerprint density at radius 3 is 2.64 bits per heavy atom. The van der Waals surface area contributed by atoms with E-state index in [4.69, 9.17) is 10.5 Å². The molecule has 4 nitrogen and oxygen atoms in total. The standard InChI is InChI=1S/C21H37F3N2O2/c1-5-7-16(12-20(2,3)15-22)28-18-14-21(4,24)13-17(19(18)23)26(10-11-27)9-6-8-25/h7,17,27H,5-6,8-15,25H2,1-4H3/b16-7+/t17?,21-/m0/s1. The first-order valence-electron chi connectivity index (χ1n) is 10.1. The van der Waals surface area contributed by atoms with Crippen LogP contribution < -0.4 is 5.73 Å². The number of aliphatic hydroxyl groups excluding tert-OH is 1. The Morgan fingerprint density at radius 1 is 1.43 bits per heavy atom. The highest BCUT2D eigenvalue weighted by molar-refractivity contribution is 5.20. The molecule has 0 aromatic rings. The fraction of sp³-hybridized carbons (Fsp3) is 0.810.